The number of nitriles is 1. The van der Waals surface area contributed by atoms with Crippen molar-refractivity contribution in [3.63, 3.8) is 0 Å². The Bertz CT molecular complexity index is 798. The third-order valence-electron chi connectivity index (χ3n) is 3.70. The fourth-order valence-electron chi connectivity index (χ4n) is 2.20. The van der Waals surface area contributed by atoms with Gasteiger partial charge in [-0.1, -0.05) is 44.0 Å². The van der Waals surface area contributed by atoms with E-state index < -0.39 is 0 Å². The Morgan fingerprint density at radius 3 is 2.42 bits per heavy atom. The molecule has 0 saturated carbocycles. The highest BCUT2D eigenvalue weighted by Crippen LogP contribution is 2.14. The van der Waals surface area contributed by atoms with Gasteiger partial charge in [0.1, 0.15) is 0 Å². The number of ether oxygens (including phenoxy) is 1. The maximum absolute atomic E-state index is 11.6. The minimum Gasteiger partial charge on any atom is -0.463 e. The van der Waals surface area contributed by atoms with Crippen LogP contribution < -0.4 is 0 Å². The molecule has 0 aliphatic carbocycles. The molecule has 132 valence electrons. The number of rotatable bonds is 8. The average Bonchev–Trinajstić information content (AvgIpc) is 2.69. The Labute approximate surface area is 154 Å². The molecule has 2 aromatic rings. The highest BCUT2D eigenvalue weighted by atomic mass is 16.5. The van der Waals surface area contributed by atoms with E-state index in [0.29, 0.717) is 12.2 Å². The van der Waals surface area contributed by atoms with E-state index in [4.69, 9.17) is 10.00 Å². The van der Waals surface area contributed by atoms with Crippen molar-refractivity contribution in [2.45, 2.75) is 26.2 Å². The van der Waals surface area contributed by atoms with Crippen molar-refractivity contribution in [1.29, 1.82) is 5.26 Å². The first-order chi connectivity index (χ1) is 12.7. The van der Waals surface area contributed by atoms with Crippen LogP contribution in [0, 0.1) is 11.3 Å². The van der Waals surface area contributed by atoms with Gasteiger partial charge in [0.2, 0.25) is 0 Å². The van der Waals surface area contributed by atoms with E-state index in [1.807, 2.05) is 36.4 Å². The second kappa shape index (κ2) is 10.6. The van der Waals surface area contributed by atoms with E-state index >= 15 is 0 Å². The van der Waals surface area contributed by atoms with Crippen LogP contribution in [0.2, 0.25) is 0 Å². The van der Waals surface area contributed by atoms with Gasteiger partial charge in [-0.15, -0.1) is 0 Å². The van der Waals surface area contributed by atoms with Gasteiger partial charge in [0, 0.05) is 12.3 Å². The van der Waals surface area contributed by atoms with Crippen molar-refractivity contribution in [3.05, 3.63) is 71.3 Å². The van der Waals surface area contributed by atoms with Gasteiger partial charge in [-0.3, -0.25) is 4.99 Å². The Hall–Kier alpha value is -3.19. The van der Waals surface area contributed by atoms with Crippen molar-refractivity contribution in [2.24, 2.45) is 4.99 Å². The molecule has 0 saturated heterocycles. The van der Waals surface area contributed by atoms with Crippen molar-refractivity contribution < 1.29 is 9.53 Å². The number of carbonyl (C=O) groups excluding carboxylic acids is 1. The highest BCUT2D eigenvalue weighted by molar-refractivity contribution is 5.87. The van der Waals surface area contributed by atoms with Gasteiger partial charge >= 0.3 is 5.97 Å². The first kappa shape index (κ1) is 19.1. The van der Waals surface area contributed by atoms with Crippen LogP contribution in [-0.2, 0) is 9.53 Å². The molecule has 0 N–H and O–H groups in total. The zero-order valence-electron chi connectivity index (χ0n) is 14.9. The zero-order valence-corrected chi connectivity index (χ0v) is 14.9. The fraction of sp³-hybridized carbons (Fsp3) is 0.227. The number of nitrogens with zero attached hydrogens (tertiary/aromatic N) is 2. The van der Waals surface area contributed by atoms with Gasteiger partial charge in [0.15, 0.2) is 0 Å². The van der Waals surface area contributed by atoms with E-state index in [0.717, 1.165) is 36.1 Å². The van der Waals surface area contributed by atoms with Gasteiger partial charge in [0.25, 0.3) is 0 Å². The molecular formula is C22H22N2O2. The van der Waals surface area contributed by atoms with E-state index in [-0.39, 0.29) is 5.97 Å². The van der Waals surface area contributed by atoms with Crippen LogP contribution in [-0.4, -0.2) is 18.8 Å². The van der Waals surface area contributed by atoms with E-state index in [2.05, 4.69) is 18.0 Å². The van der Waals surface area contributed by atoms with E-state index in [1.165, 1.54) is 6.08 Å². The molecule has 0 bridgehead atoms. The number of unbranched alkanes of at least 4 members (excludes halogenated alkanes) is 2. The summed E-state index contributed by atoms with van der Waals surface area (Å²) in [4.78, 5) is 16.0. The lowest BCUT2D eigenvalue weighted by Gasteiger charge is -2.00. The van der Waals surface area contributed by atoms with Gasteiger partial charge < -0.3 is 4.74 Å². The Morgan fingerprint density at radius 1 is 1.08 bits per heavy atom. The lowest BCUT2D eigenvalue weighted by Crippen LogP contribution is -2.01. The third-order valence-corrected chi connectivity index (χ3v) is 3.70. The second-order valence-corrected chi connectivity index (χ2v) is 5.79. The summed E-state index contributed by atoms with van der Waals surface area (Å²) in [6.45, 7) is 2.58. The summed E-state index contributed by atoms with van der Waals surface area (Å²) in [7, 11) is 0. The van der Waals surface area contributed by atoms with Crippen molar-refractivity contribution in [3.8, 4) is 6.07 Å². The molecule has 0 aromatic heterocycles. The monoisotopic (exact) mass is 346 g/mol. The predicted molar refractivity (Wildman–Crippen MR) is 104 cm³/mol. The summed E-state index contributed by atoms with van der Waals surface area (Å²) in [5.74, 6) is -0.316. The average molecular weight is 346 g/mol. The topological polar surface area (TPSA) is 62.4 Å². The fourth-order valence-corrected chi connectivity index (χ4v) is 2.20. The number of hydrogen-bond donors (Lipinski definition) is 0. The normalized spacial score (nSPS) is 10.9. The van der Waals surface area contributed by atoms with Gasteiger partial charge in [-0.2, -0.15) is 5.26 Å². The summed E-state index contributed by atoms with van der Waals surface area (Å²) in [5.41, 5.74) is 3.28. The van der Waals surface area contributed by atoms with Crippen LogP contribution in [0.4, 0.5) is 5.69 Å². The smallest absolute Gasteiger partial charge is 0.330 e. The molecule has 4 nitrogen and oxygen atoms in total. The predicted octanol–water partition coefficient (Wildman–Crippen LogP) is 5.06. The Kier molecular flexibility index (Phi) is 7.82. The van der Waals surface area contributed by atoms with E-state index in [9.17, 15) is 4.79 Å². The maximum atomic E-state index is 11.6. The molecular weight excluding hydrogens is 324 g/mol. The van der Waals surface area contributed by atoms with Gasteiger partial charge in [-0.05, 0) is 47.9 Å². The third kappa shape index (κ3) is 6.74. The number of esters is 1. The molecule has 0 aliphatic rings. The molecule has 0 radical (unpaired) electrons. The maximum Gasteiger partial charge on any atom is 0.330 e. The zero-order chi connectivity index (χ0) is 18.6. The minimum absolute atomic E-state index is 0.316. The SMILES string of the molecule is CCCCCOC(=O)/C=C\c1ccc(N=Cc2ccc(C#N)cc2)cc1. The van der Waals surface area contributed by atoms with Crippen LogP contribution in [0.25, 0.3) is 6.08 Å². The van der Waals surface area contributed by atoms with Gasteiger partial charge in [-0.25, -0.2) is 4.79 Å². The summed E-state index contributed by atoms with van der Waals surface area (Å²) < 4.78 is 5.12. The molecule has 2 rings (SSSR count). The molecule has 0 spiro atoms. The molecule has 0 unspecified atom stereocenters. The largest absolute Gasteiger partial charge is 0.463 e. The summed E-state index contributed by atoms with van der Waals surface area (Å²) >= 11 is 0. The molecule has 4 heteroatoms. The van der Waals surface area contributed by atoms with Crippen molar-refractivity contribution in [2.75, 3.05) is 6.61 Å². The number of aliphatic imine (C=N–C) groups is 1. The first-order valence-corrected chi connectivity index (χ1v) is 8.70. The standard InChI is InChI=1S/C22H22N2O2/c1-2-3-4-15-26-22(25)14-11-18-9-12-21(13-10-18)24-17-20-7-5-19(16-23)6-8-20/h5-14,17H,2-4,15H2,1H3/b14-11-,24-17?. The molecule has 0 atom stereocenters. The van der Waals surface area contributed by atoms with Gasteiger partial charge in [0.05, 0.1) is 23.9 Å². The Balaban J connectivity index is 1.87. The summed E-state index contributed by atoms with van der Waals surface area (Å²) in [6, 6.07) is 16.9. The van der Waals surface area contributed by atoms with Crippen LogP contribution >= 0.6 is 0 Å². The molecule has 2 aromatic carbocycles. The second-order valence-electron chi connectivity index (χ2n) is 5.79. The number of carbonyl (C=O) groups is 1. The van der Waals surface area contributed by atoms with Crippen LogP contribution in [0.3, 0.4) is 0 Å². The highest BCUT2D eigenvalue weighted by Gasteiger charge is 1.97. The van der Waals surface area contributed by atoms with Crippen LogP contribution in [0.15, 0.2) is 59.6 Å². The molecule has 0 aliphatic heterocycles. The molecule has 26 heavy (non-hydrogen) atoms. The minimum atomic E-state index is -0.316. The summed E-state index contributed by atoms with van der Waals surface area (Å²) in [5, 5.41) is 8.79. The quantitative estimate of drug-likeness (QED) is 0.291. The van der Waals surface area contributed by atoms with Crippen LogP contribution in [0.1, 0.15) is 42.9 Å². The lowest BCUT2D eigenvalue weighted by molar-refractivity contribution is -0.137. The van der Waals surface area contributed by atoms with E-state index in [1.54, 1.807) is 24.4 Å². The number of hydrogen-bond acceptors (Lipinski definition) is 4. The first-order valence-electron chi connectivity index (χ1n) is 8.70. The lowest BCUT2D eigenvalue weighted by atomic mass is 10.1. The molecule has 0 heterocycles. The van der Waals surface area contributed by atoms with Crippen molar-refractivity contribution in [1.82, 2.24) is 0 Å². The molecule has 0 fully saturated rings. The van der Waals surface area contributed by atoms with Crippen molar-refractivity contribution >= 4 is 23.9 Å². The summed E-state index contributed by atoms with van der Waals surface area (Å²) in [6.07, 6.45) is 8.01. The van der Waals surface area contributed by atoms with Crippen LogP contribution in [0.5, 0.6) is 0 Å². The number of benzene rings is 2. The Morgan fingerprint density at radius 2 is 1.77 bits per heavy atom. The molecule has 0 amide bonds.